The van der Waals surface area contributed by atoms with E-state index in [0.717, 1.165) is 11.1 Å². The SMILES string of the molecule is Cc1cc(-c2nnc([C@@H]3COC(C)(C)O3)o2)cnc1Cl. The van der Waals surface area contributed by atoms with Crippen molar-refractivity contribution in [3.63, 3.8) is 0 Å². The molecule has 1 aliphatic rings. The number of nitrogens with zero attached hydrogens (tertiary/aromatic N) is 3. The number of aromatic nitrogens is 3. The molecule has 0 aliphatic carbocycles. The lowest BCUT2D eigenvalue weighted by atomic mass is 10.2. The topological polar surface area (TPSA) is 70.3 Å². The van der Waals surface area contributed by atoms with E-state index in [-0.39, 0.29) is 6.10 Å². The van der Waals surface area contributed by atoms with Gasteiger partial charge in [-0.3, -0.25) is 0 Å². The minimum atomic E-state index is -0.627. The first-order chi connectivity index (χ1) is 9.44. The number of hydrogen-bond donors (Lipinski definition) is 0. The zero-order valence-electron chi connectivity index (χ0n) is 11.4. The van der Waals surface area contributed by atoms with Gasteiger partial charge in [-0.15, -0.1) is 10.2 Å². The van der Waals surface area contributed by atoms with Crippen LogP contribution in [0.3, 0.4) is 0 Å². The van der Waals surface area contributed by atoms with E-state index in [2.05, 4.69) is 15.2 Å². The largest absolute Gasteiger partial charge is 0.418 e. The third-order valence-electron chi connectivity index (χ3n) is 2.99. The highest BCUT2D eigenvalue weighted by atomic mass is 35.5. The summed E-state index contributed by atoms with van der Waals surface area (Å²) in [6.07, 6.45) is 1.26. The Kier molecular flexibility index (Phi) is 3.24. The summed E-state index contributed by atoms with van der Waals surface area (Å²) < 4.78 is 16.8. The second-order valence-electron chi connectivity index (χ2n) is 5.09. The predicted octanol–water partition coefficient (Wildman–Crippen LogP) is 2.92. The molecule has 0 amide bonds. The molecule has 0 saturated carbocycles. The number of halogens is 1. The Balaban J connectivity index is 1.85. The Hall–Kier alpha value is -1.50. The number of pyridine rings is 1. The summed E-state index contributed by atoms with van der Waals surface area (Å²) in [5, 5.41) is 8.48. The smallest absolute Gasteiger partial charge is 0.249 e. The maximum absolute atomic E-state index is 5.89. The second kappa shape index (κ2) is 4.80. The third-order valence-corrected chi connectivity index (χ3v) is 3.38. The van der Waals surface area contributed by atoms with Crippen molar-refractivity contribution in [2.24, 2.45) is 0 Å². The zero-order valence-corrected chi connectivity index (χ0v) is 12.1. The monoisotopic (exact) mass is 295 g/mol. The fourth-order valence-electron chi connectivity index (χ4n) is 1.97. The fourth-order valence-corrected chi connectivity index (χ4v) is 2.07. The molecule has 0 unspecified atom stereocenters. The molecule has 1 atom stereocenters. The standard InChI is InChI=1S/C13H14ClN3O3/c1-7-4-8(5-15-10(7)14)11-16-17-12(19-11)9-6-18-13(2,3)20-9/h4-5,9H,6H2,1-3H3/t9-/m0/s1. The van der Waals surface area contributed by atoms with Crippen molar-refractivity contribution >= 4 is 11.6 Å². The molecule has 20 heavy (non-hydrogen) atoms. The molecule has 7 heteroatoms. The van der Waals surface area contributed by atoms with Gasteiger partial charge in [0, 0.05) is 6.20 Å². The van der Waals surface area contributed by atoms with Gasteiger partial charge in [-0.1, -0.05) is 11.6 Å². The Morgan fingerprint density at radius 1 is 1.35 bits per heavy atom. The molecule has 3 heterocycles. The molecule has 0 N–H and O–H groups in total. The van der Waals surface area contributed by atoms with E-state index in [1.807, 2.05) is 26.8 Å². The molecule has 0 radical (unpaired) electrons. The van der Waals surface area contributed by atoms with Gasteiger partial charge in [-0.25, -0.2) is 4.98 Å². The molecule has 6 nitrogen and oxygen atoms in total. The molecule has 2 aromatic rings. The van der Waals surface area contributed by atoms with Crippen LogP contribution in [0.15, 0.2) is 16.7 Å². The highest BCUT2D eigenvalue weighted by Gasteiger charge is 2.36. The van der Waals surface area contributed by atoms with Crippen LogP contribution >= 0.6 is 11.6 Å². The number of aryl methyl sites for hydroxylation is 1. The van der Waals surface area contributed by atoms with Gasteiger partial charge < -0.3 is 13.9 Å². The number of ether oxygens (including phenoxy) is 2. The van der Waals surface area contributed by atoms with E-state index in [4.69, 9.17) is 25.5 Å². The third kappa shape index (κ3) is 2.54. The van der Waals surface area contributed by atoms with Crippen LogP contribution < -0.4 is 0 Å². The Morgan fingerprint density at radius 3 is 2.80 bits per heavy atom. The molecule has 0 bridgehead atoms. The summed E-state index contributed by atoms with van der Waals surface area (Å²) in [5.74, 6) is 0.163. The van der Waals surface area contributed by atoms with Crippen molar-refractivity contribution in [3.05, 3.63) is 28.9 Å². The van der Waals surface area contributed by atoms with Crippen LogP contribution in [0, 0.1) is 6.92 Å². The van der Waals surface area contributed by atoms with Crippen LogP contribution in [-0.2, 0) is 9.47 Å². The highest BCUT2D eigenvalue weighted by molar-refractivity contribution is 6.30. The summed E-state index contributed by atoms with van der Waals surface area (Å²) in [6.45, 7) is 5.95. The van der Waals surface area contributed by atoms with Gasteiger partial charge in [0.2, 0.25) is 11.8 Å². The normalized spacial score (nSPS) is 21.3. The number of hydrogen-bond acceptors (Lipinski definition) is 6. The Morgan fingerprint density at radius 2 is 2.15 bits per heavy atom. The lowest BCUT2D eigenvalue weighted by Gasteiger charge is -2.15. The molecule has 0 spiro atoms. The molecule has 106 valence electrons. The van der Waals surface area contributed by atoms with Gasteiger partial charge in [0.15, 0.2) is 11.9 Å². The van der Waals surface area contributed by atoms with Crippen molar-refractivity contribution < 1.29 is 13.9 Å². The van der Waals surface area contributed by atoms with Gasteiger partial charge >= 0.3 is 0 Å². The first-order valence-electron chi connectivity index (χ1n) is 6.22. The molecule has 3 rings (SSSR count). The first-order valence-corrected chi connectivity index (χ1v) is 6.60. The van der Waals surface area contributed by atoms with E-state index in [9.17, 15) is 0 Å². The van der Waals surface area contributed by atoms with Crippen LogP contribution in [-0.4, -0.2) is 27.6 Å². The summed E-state index contributed by atoms with van der Waals surface area (Å²) in [4.78, 5) is 4.07. The summed E-state index contributed by atoms with van der Waals surface area (Å²) in [5.41, 5.74) is 1.58. The van der Waals surface area contributed by atoms with E-state index in [0.29, 0.717) is 23.5 Å². The predicted molar refractivity (Wildman–Crippen MR) is 71.1 cm³/mol. The van der Waals surface area contributed by atoms with Crippen molar-refractivity contribution in [1.82, 2.24) is 15.2 Å². The lowest BCUT2D eigenvalue weighted by Crippen LogP contribution is -2.19. The van der Waals surface area contributed by atoms with Gasteiger partial charge in [-0.05, 0) is 32.4 Å². The molecule has 2 aromatic heterocycles. The Bertz CT molecular complexity index is 642. The average Bonchev–Trinajstić information content (AvgIpc) is 2.99. The summed E-state index contributed by atoms with van der Waals surface area (Å²) in [6, 6.07) is 1.85. The first kappa shape index (κ1) is 13.5. The van der Waals surface area contributed by atoms with E-state index >= 15 is 0 Å². The fraction of sp³-hybridized carbons (Fsp3) is 0.462. The molecular formula is C13H14ClN3O3. The van der Waals surface area contributed by atoms with Gasteiger partial charge in [0.25, 0.3) is 0 Å². The second-order valence-corrected chi connectivity index (χ2v) is 5.45. The van der Waals surface area contributed by atoms with Gasteiger partial charge in [-0.2, -0.15) is 0 Å². The van der Waals surface area contributed by atoms with E-state index in [1.165, 1.54) is 0 Å². The molecule has 1 aliphatic heterocycles. The average molecular weight is 296 g/mol. The molecule has 0 aromatic carbocycles. The van der Waals surface area contributed by atoms with Crippen LogP contribution in [0.5, 0.6) is 0 Å². The summed E-state index contributed by atoms with van der Waals surface area (Å²) in [7, 11) is 0. The number of rotatable bonds is 2. The molecule has 1 saturated heterocycles. The van der Waals surface area contributed by atoms with Crippen LogP contribution in [0.4, 0.5) is 0 Å². The maximum Gasteiger partial charge on any atom is 0.249 e. The van der Waals surface area contributed by atoms with Crippen LogP contribution in [0.25, 0.3) is 11.5 Å². The minimum Gasteiger partial charge on any atom is -0.418 e. The minimum absolute atomic E-state index is 0.340. The van der Waals surface area contributed by atoms with E-state index < -0.39 is 5.79 Å². The van der Waals surface area contributed by atoms with Gasteiger partial charge in [0.1, 0.15) is 5.15 Å². The maximum atomic E-state index is 5.89. The summed E-state index contributed by atoms with van der Waals surface area (Å²) >= 11 is 5.89. The van der Waals surface area contributed by atoms with E-state index in [1.54, 1.807) is 6.20 Å². The van der Waals surface area contributed by atoms with Crippen molar-refractivity contribution in [2.75, 3.05) is 6.61 Å². The zero-order chi connectivity index (χ0) is 14.3. The molecule has 1 fully saturated rings. The van der Waals surface area contributed by atoms with Crippen LogP contribution in [0.1, 0.15) is 31.4 Å². The van der Waals surface area contributed by atoms with Crippen molar-refractivity contribution in [1.29, 1.82) is 0 Å². The molecular weight excluding hydrogens is 282 g/mol. The Labute approximate surface area is 121 Å². The lowest BCUT2D eigenvalue weighted by molar-refractivity contribution is -0.141. The highest BCUT2D eigenvalue weighted by Crippen LogP contribution is 2.33. The van der Waals surface area contributed by atoms with Crippen molar-refractivity contribution in [2.45, 2.75) is 32.7 Å². The van der Waals surface area contributed by atoms with Crippen LogP contribution in [0.2, 0.25) is 5.15 Å². The van der Waals surface area contributed by atoms with Gasteiger partial charge in [0.05, 0.1) is 12.2 Å². The van der Waals surface area contributed by atoms with Crippen molar-refractivity contribution in [3.8, 4) is 11.5 Å². The quantitative estimate of drug-likeness (QED) is 0.793.